The molecule has 1 amide bonds. The van der Waals surface area contributed by atoms with E-state index < -0.39 is 0 Å². The molecule has 2 aromatic carbocycles. The molecule has 142 valence electrons. The SMILES string of the molecule is COc1cc2nc3n(c(=O)c2cc1OC)-c1ccccc1C(=O)N1CCC[C@@H]31. The van der Waals surface area contributed by atoms with Gasteiger partial charge in [0.1, 0.15) is 5.82 Å². The highest BCUT2D eigenvalue weighted by Gasteiger charge is 2.38. The Bertz CT molecular complexity index is 1180. The van der Waals surface area contributed by atoms with Crippen molar-refractivity contribution in [3.8, 4) is 17.2 Å². The van der Waals surface area contributed by atoms with Crippen molar-refractivity contribution in [2.24, 2.45) is 0 Å². The Morgan fingerprint density at radius 1 is 1.07 bits per heavy atom. The molecular weight excluding hydrogens is 358 g/mol. The first-order valence-corrected chi connectivity index (χ1v) is 9.23. The van der Waals surface area contributed by atoms with Crippen molar-refractivity contribution in [2.75, 3.05) is 20.8 Å². The summed E-state index contributed by atoms with van der Waals surface area (Å²) in [5.41, 5.74) is 1.42. The van der Waals surface area contributed by atoms with Gasteiger partial charge >= 0.3 is 0 Å². The number of aromatic nitrogens is 2. The lowest BCUT2D eigenvalue weighted by Gasteiger charge is -2.22. The molecule has 1 saturated heterocycles. The Balaban J connectivity index is 1.91. The van der Waals surface area contributed by atoms with Crippen LogP contribution >= 0.6 is 0 Å². The molecule has 1 atom stereocenters. The zero-order valence-electron chi connectivity index (χ0n) is 15.6. The molecule has 7 heteroatoms. The number of methoxy groups -OCH3 is 2. The van der Waals surface area contributed by atoms with Crippen molar-refractivity contribution in [1.29, 1.82) is 0 Å². The number of carbonyl (C=O) groups excluding carboxylic acids is 1. The quantitative estimate of drug-likeness (QED) is 0.687. The molecule has 7 nitrogen and oxygen atoms in total. The van der Waals surface area contributed by atoms with E-state index in [0.717, 1.165) is 12.8 Å². The summed E-state index contributed by atoms with van der Waals surface area (Å²) in [5, 5.41) is 0.426. The highest BCUT2D eigenvalue weighted by molar-refractivity contribution is 5.99. The van der Waals surface area contributed by atoms with Crippen molar-refractivity contribution < 1.29 is 14.3 Å². The number of fused-ring (bicyclic) bond motifs is 6. The van der Waals surface area contributed by atoms with E-state index in [-0.39, 0.29) is 17.5 Å². The molecular formula is C21H19N3O4. The monoisotopic (exact) mass is 377 g/mol. The molecule has 2 aliphatic heterocycles. The minimum absolute atomic E-state index is 0.0535. The summed E-state index contributed by atoms with van der Waals surface area (Å²) in [5.74, 6) is 1.53. The second-order valence-electron chi connectivity index (χ2n) is 7.01. The molecule has 0 N–H and O–H groups in total. The largest absolute Gasteiger partial charge is 0.493 e. The van der Waals surface area contributed by atoms with Gasteiger partial charge in [0.25, 0.3) is 11.5 Å². The Morgan fingerprint density at radius 2 is 1.82 bits per heavy atom. The lowest BCUT2D eigenvalue weighted by molar-refractivity contribution is 0.0736. The van der Waals surface area contributed by atoms with Gasteiger partial charge in [-0.2, -0.15) is 0 Å². The van der Waals surface area contributed by atoms with Crippen LogP contribution in [0, 0.1) is 0 Å². The third-order valence-corrected chi connectivity index (χ3v) is 5.59. The van der Waals surface area contributed by atoms with Crippen molar-refractivity contribution >= 4 is 16.8 Å². The molecule has 0 bridgehead atoms. The number of para-hydroxylation sites is 1. The van der Waals surface area contributed by atoms with Crippen molar-refractivity contribution in [2.45, 2.75) is 18.9 Å². The van der Waals surface area contributed by atoms with Crippen LogP contribution in [0.15, 0.2) is 41.2 Å². The molecule has 28 heavy (non-hydrogen) atoms. The van der Waals surface area contributed by atoms with Gasteiger partial charge in [0, 0.05) is 12.6 Å². The summed E-state index contributed by atoms with van der Waals surface area (Å²) in [6.45, 7) is 0.664. The average Bonchev–Trinajstić information content (AvgIpc) is 3.18. The summed E-state index contributed by atoms with van der Waals surface area (Å²) < 4.78 is 12.3. The van der Waals surface area contributed by atoms with Crippen LogP contribution in [0.1, 0.15) is 35.1 Å². The third-order valence-electron chi connectivity index (χ3n) is 5.59. The van der Waals surface area contributed by atoms with Gasteiger partial charge in [-0.05, 0) is 31.0 Å². The maximum Gasteiger partial charge on any atom is 0.266 e. The van der Waals surface area contributed by atoms with Crippen LogP contribution in [-0.4, -0.2) is 41.1 Å². The minimum Gasteiger partial charge on any atom is -0.493 e. The zero-order valence-corrected chi connectivity index (χ0v) is 15.6. The van der Waals surface area contributed by atoms with Gasteiger partial charge in [0.15, 0.2) is 11.5 Å². The molecule has 1 fully saturated rings. The van der Waals surface area contributed by atoms with Gasteiger partial charge in [0.05, 0.1) is 42.4 Å². The van der Waals surface area contributed by atoms with Crippen LogP contribution in [0.25, 0.3) is 16.6 Å². The Kier molecular flexibility index (Phi) is 3.65. The molecule has 0 aliphatic carbocycles. The van der Waals surface area contributed by atoms with Gasteiger partial charge < -0.3 is 14.4 Å². The number of benzene rings is 2. The van der Waals surface area contributed by atoms with Gasteiger partial charge in [-0.25, -0.2) is 4.98 Å². The summed E-state index contributed by atoms with van der Waals surface area (Å²) >= 11 is 0. The molecule has 2 aliphatic rings. The summed E-state index contributed by atoms with van der Waals surface area (Å²) in [6, 6.07) is 10.4. The Morgan fingerprint density at radius 3 is 2.61 bits per heavy atom. The standard InChI is InChI=1S/C21H19N3O4/c1-27-17-10-13-14(11-18(17)28-2)22-19-16-8-5-9-23(16)20(25)12-6-3-4-7-15(12)24(19)21(13)26/h3-4,6-7,10-11,16H,5,8-9H2,1-2H3/t16-/m0/s1. The first-order valence-electron chi connectivity index (χ1n) is 9.23. The molecule has 1 aromatic heterocycles. The molecule has 5 rings (SSSR count). The summed E-state index contributed by atoms with van der Waals surface area (Å²) in [7, 11) is 3.08. The first-order chi connectivity index (χ1) is 13.6. The number of ether oxygens (including phenoxy) is 2. The first kappa shape index (κ1) is 16.8. The second-order valence-corrected chi connectivity index (χ2v) is 7.01. The maximum absolute atomic E-state index is 13.5. The average molecular weight is 377 g/mol. The number of nitrogens with zero attached hydrogens (tertiary/aromatic N) is 3. The normalized spacial score (nSPS) is 17.7. The molecule has 0 spiro atoms. The number of rotatable bonds is 2. The van der Waals surface area contributed by atoms with Gasteiger partial charge in [-0.15, -0.1) is 0 Å². The fourth-order valence-electron chi connectivity index (χ4n) is 4.27. The summed E-state index contributed by atoms with van der Waals surface area (Å²) in [6.07, 6.45) is 1.67. The van der Waals surface area contributed by atoms with E-state index in [9.17, 15) is 9.59 Å². The molecule has 0 radical (unpaired) electrons. The Hall–Kier alpha value is -3.35. The smallest absolute Gasteiger partial charge is 0.266 e. The molecule has 0 saturated carbocycles. The van der Waals surface area contributed by atoms with E-state index in [4.69, 9.17) is 14.5 Å². The number of hydrogen-bond acceptors (Lipinski definition) is 5. The van der Waals surface area contributed by atoms with Crippen molar-refractivity contribution in [3.05, 3.63) is 58.1 Å². The van der Waals surface area contributed by atoms with E-state index in [2.05, 4.69) is 0 Å². The second kappa shape index (κ2) is 6.09. The highest BCUT2D eigenvalue weighted by atomic mass is 16.5. The number of carbonyl (C=O) groups is 1. The van der Waals surface area contributed by atoms with E-state index in [1.54, 1.807) is 35.9 Å². The molecule has 0 unspecified atom stereocenters. The number of hydrogen-bond donors (Lipinski definition) is 0. The highest BCUT2D eigenvalue weighted by Crippen LogP contribution is 2.38. The fraction of sp³-hybridized carbons (Fsp3) is 0.286. The molecule has 3 heterocycles. The van der Waals surface area contributed by atoms with E-state index in [1.165, 1.54) is 7.11 Å². The Labute approximate surface area is 161 Å². The number of amides is 1. The van der Waals surface area contributed by atoms with Crippen LogP contribution in [0.2, 0.25) is 0 Å². The lowest BCUT2D eigenvalue weighted by atomic mass is 10.1. The maximum atomic E-state index is 13.5. The van der Waals surface area contributed by atoms with E-state index in [0.29, 0.717) is 46.0 Å². The van der Waals surface area contributed by atoms with E-state index in [1.807, 2.05) is 17.0 Å². The van der Waals surface area contributed by atoms with Crippen LogP contribution in [0.5, 0.6) is 11.5 Å². The third kappa shape index (κ3) is 2.19. The molecule has 3 aromatic rings. The zero-order chi connectivity index (χ0) is 19.4. The van der Waals surface area contributed by atoms with Gasteiger partial charge in [0.2, 0.25) is 0 Å². The van der Waals surface area contributed by atoms with Crippen LogP contribution < -0.4 is 15.0 Å². The topological polar surface area (TPSA) is 73.7 Å². The van der Waals surface area contributed by atoms with E-state index >= 15 is 0 Å². The van der Waals surface area contributed by atoms with Crippen LogP contribution in [0.4, 0.5) is 0 Å². The van der Waals surface area contributed by atoms with Crippen LogP contribution in [0.3, 0.4) is 0 Å². The predicted molar refractivity (Wildman–Crippen MR) is 103 cm³/mol. The van der Waals surface area contributed by atoms with Gasteiger partial charge in [-0.1, -0.05) is 12.1 Å². The minimum atomic E-state index is -0.218. The van der Waals surface area contributed by atoms with Crippen LogP contribution in [-0.2, 0) is 0 Å². The lowest BCUT2D eigenvalue weighted by Crippen LogP contribution is -2.31. The predicted octanol–water partition coefficient (Wildman–Crippen LogP) is 2.69. The van der Waals surface area contributed by atoms with Crippen molar-refractivity contribution in [3.63, 3.8) is 0 Å². The summed E-state index contributed by atoms with van der Waals surface area (Å²) in [4.78, 5) is 33.3. The van der Waals surface area contributed by atoms with Crippen molar-refractivity contribution in [1.82, 2.24) is 14.5 Å². The van der Waals surface area contributed by atoms with Gasteiger partial charge in [-0.3, -0.25) is 14.2 Å². The fourth-order valence-corrected chi connectivity index (χ4v) is 4.27.